The molecule has 14 heteroatoms. The van der Waals surface area contributed by atoms with Gasteiger partial charge in [0.2, 0.25) is 5.95 Å². The molecule has 196 valence electrons. The van der Waals surface area contributed by atoms with Crippen molar-refractivity contribution in [1.29, 1.82) is 5.41 Å². The number of benzene rings is 1. The number of nitrogens with one attached hydrogen (secondary N) is 4. The van der Waals surface area contributed by atoms with Crippen LogP contribution in [0, 0.1) is 5.41 Å². The first kappa shape index (κ1) is 26.8. The van der Waals surface area contributed by atoms with Crippen LogP contribution in [0.1, 0.15) is 25.7 Å². The predicted molar refractivity (Wildman–Crippen MR) is 130 cm³/mol. The molecule has 1 aromatic heterocycles. The second-order valence-corrected chi connectivity index (χ2v) is 8.23. The van der Waals surface area contributed by atoms with Crippen LogP contribution in [0.3, 0.4) is 0 Å². The van der Waals surface area contributed by atoms with Crippen LogP contribution in [0.15, 0.2) is 35.3 Å². The molecule has 1 aliphatic rings. The van der Waals surface area contributed by atoms with Gasteiger partial charge < -0.3 is 20.7 Å². The van der Waals surface area contributed by atoms with Crippen LogP contribution in [0.2, 0.25) is 0 Å². The number of alkyl halides is 3. The molecule has 0 atom stereocenters. The lowest BCUT2D eigenvalue weighted by atomic mass is 10.1. The third kappa shape index (κ3) is 8.45. The van der Waals surface area contributed by atoms with E-state index in [1.54, 1.807) is 0 Å². The average molecular weight is 511 g/mol. The monoisotopic (exact) mass is 510 g/mol. The van der Waals surface area contributed by atoms with E-state index >= 15 is 0 Å². The molecule has 3 rings (SSSR count). The molecule has 1 fully saturated rings. The largest absolute Gasteiger partial charge is 0.573 e. The number of para-hydroxylation sites is 2. The number of carbonyl (C=O) groups excluding carboxylic acids is 1. The Bertz CT molecular complexity index is 1100. The number of rotatable bonds is 10. The van der Waals surface area contributed by atoms with E-state index in [0.717, 1.165) is 45.0 Å². The predicted octanol–water partition coefficient (Wildman–Crippen LogP) is 2.93. The van der Waals surface area contributed by atoms with Crippen LogP contribution in [-0.4, -0.2) is 65.8 Å². The van der Waals surface area contributed by atoms with E-state index in [4.69, 9.17) is 11.1 Å². The summed E-state index contributed by atoms with van der Waals surface area (Å²) in [5, 5.41) is 11.8. The fraction of sp³-hybridized carbons (Fsp3) is 0.455. The van der Waals surface area contributed by atoms with Crippen LogP contribution >= 0.6 is 0 Å². The molecule has 0 unspecified atom stereocenters. The lowest BCUT2D eigenvalue weighted by Gasteiger charge is -2.35. The Morgan fingerprint density at radius 2 is 1.86 bits per heavy atom. The molecule has 2 heterocycles. The molecule has 6 N–H and O–H groups in total. The van der Waals surface area contributed by atoms with Crippen molar-refractivity contribution in [2.75, 3.05) is 48.3 Å². The number of hydrogen-bond acceptors (Lipinski definition) is 7. The Balaban J connectivity index is 1.50. The number of H-pyrrole nitrogens is 1. The molecule has 1 aliphatic heterocycles. The van der Waals surface area contributed by atoms with Crippen LogP contribution in [0.25, 0.3) is 0 Å². The summed E-state index contributed by atoms with van der Waals surface area (Å²) in [6, 6.07) is 4.17. The smallest absolute Gasteiger partial charge is 0.404 e. The lowest BCUT2D eigenvalue weighted by Crippen LogP contribution is -2.48. The Morgan fingerprint density at radius 3 is 2.53 bits per heavy atom. The first-order chi connectivity index (χ1) is 17.1. The third-order valence-electron chi connectivity index (χ3n) is 5.51. The molecular formula is C22H29F3N8O3. The van der Waals surface area contributed by atoms with Crippen molar-refractivity contribution < 1.29 is 22.7 Å². The Kier molecular flexibility index (Phi) is 9.11. The van der Waals surface area contributed by atoms with Gasteiger partial charge in [-0.25, -0.2) is 9.78 Å². The maximum atomic E-state index is 12.6. The van der Waals surface area contributed by atoms with Crippen molar-refractivity contribution in [3.8, 4) is 5.75 Å². The van der Waals surface area contributed by atoms with E-state index in [1.807, 2.05) is 4.90 Å². The van der Waals surface area contributed by atoms with Gasteiger partial charge in [-0.2, -0.15) is 0 Å². The van der Waals surface area contributed by atoms with E-state index < -0.39 is 23.7 Å². The molecule has 11 nitrogen and oxygen atoms in total. The molecule has 1 aromatic carbocycles. The summed E-state index contributed by atoms with van der Waals surface area (Å²) in [6.07, 6.45) is -0.0132. The van der Waals surface area contributed by atoms with Gasteiger partial charge in [0.05, 0.1) is 17.7 Å². The van der Waals surface area contributed by atoms with Gasteiger partial charge in [-0.1, -0.05) is 18.6 Å². The average Bonchev–Trinajstić information content (AvgIpc) is 2.80. The topological polar surface area (TPSA) is 152 Å². The van der Waals surface area contributed by atoms with Gasteiger partial charge in [-0.3, -0.25) is 25.4 Å². The van der Waals surface area contributed by atoms with Crippen molar-refractivity contribution in [3.05, 3.63) is 40.8 Å². The first-order valence-electron chi connectivity index (χ1n) is 11.4. The standard InChI is InChI=1S/C22H29F3N8O3/c23-22(24,25)36-17-7-4-3-6-15(17)29-21(35)31-20-28-14-16(19(34)30-20)33-12-10-32(11-13-33)9-5-1-2-8-18(26)27/h3-4,6-7,14H,1-2,5,8-13H2,(H3,26,27)(H3,28,29,30,31,34,35). The van der Waals surface area contributed by atoms with Crippen LogP contribution in [-0.2, 0) is 0 Å². The second kappa shape index (κ2) is 12.2. The Labute approximate surface area is 205 Å². The Morgan fingerprint density at radius 1 is 1.14 bits per heavy atom. The molecule has 1 saturated heterocycles. The maximum Gasteiger partial charge on any atom is 0.573 e. The van der Waals surface area contributed by atoms with E-state index in [9.17, 15) is 22.8 Å². The fourth-order valence-electron chi connectivity index (χ4n) is 3.76. The number of ether oxygens (including phenoxy) is 1. The number of nitrogens with zero attached hydrogens (tertiary/aromatic N) is 3. The number of carbonyl (C=O) groups is 1. The number of unbranched alkanes of at least 4 members (excludes halogenated alkanes) is 2. The minimum Gasteiger partial charge on any atom is -0.404 e. The van der Waals surface area contributed by atoms with E-state index in [2.05, 4.69) is 30.2 Å². The number of urea groups is 1. The van der Waals surface area contributed by atoms with Crippen LogP contribution in [0.4, 0.5) is 35.3 Å². The number of piperazine rings is 1. The quantitative estimate of drug-likeness (QED) is 0.187. The van der Waals surface area contributed by atoms with Crippen molar-refractivity contribution in [2.45, 2.75) is 32.0 Å². The highest BCUT2D eigenvalue weighted by Crippen LogP contribution is 2.29. The van der Waals surface area contributed by atoms with Crippen LogP contribution in [0.5, 0.6) is 5.75 Å². The molecule has 0 aliphatic carbocycles. The highest BCUT2D eigenvalue weighted by atomic mass is 19.4. The van der Waals surface area contributed by atoms with Gasteiger partial charge in [0.25, 0.3) is 5.56 Å². The lowest BCUT2D eigenvalue weighted by molar-refractivity contribution is -0.274. The van der Waals surface area contributed by atoms with E-state index in [1.165, 1.54) is 24.4 Å². The maximum absolute atomic E-state index is 12.6. The first-order valence-corrected chi connectivity index (χ1v) is 11.4. The summed E-state index contributed by atoms with van der Waals surface area (Å²) in [4.78, 5) is 35.6. The molecule has 0 spiro atoms. The molecule has 0 radical (unpaired) electrons. The number of anilines is 3. The number of aromatic nitrogens is 2. The second-order valence-electron chi connectivity index (χ2n) is 8.23. The van der Waals surface area contributed by atoms with Crippen molar-refractivity contribution in [2.24, 2.45) is 5.73 Å². The van der Waals surface area contributed by atoms with Gasteiger partial charge in [0.1, 0.15) is 5.69 Å². The van der Waals surface area contributed by atoms with E-state index in [-0.39, 0.29) is 17.5 Å². The third-order valence-corrected chi connectivity index (χ3v) is 5.51. The highest BCUT2D eigenvalue weighted by molar-refractivity contribution is 5.99. The van der Waals surface area contributed by atoms with Crippen molar-refractivity contribution >= 4 is 29.2 Å². The number of hydrogen-bond donors (Lipinski definition) is 5. The minimum atomic E-state index is -4.92. The number of nitrogens with two attached hydrogens (primary N) is 1. The van der Waals surface area contributed by atoms with E-state index in [0.29, 0.717) is 25.2 Å². The normalized spacial score (nSPS) is 14.4. The zero-order valence-corrected chi connectivity index (χ0v) is 19.5. The van der Waals surface area contributed by atoms with Gasteiger partial charge in [-0.15, -0.1) is 13.2 Å². The van der Waals surface area contributed by atoms with Gasteiger partial charge in [0.15, 0.2) is 5.75 Å². The molecule has 0 saturated carbocycles. The zero-order valence-electron chi connectivity index (χ0n) is 19.5. The minimum absolute atomic E-state index is 0.153. The number of halogens is 3. The summed E-state index contributed by atoms with van der Waals surface area (Å²) in [7, 11) is 0. The number of amides is 2. The zero-order chi connectivity index (χ0) is 26.1. The molecule has 0 bridgehead atoms. The summed E-state index contributed by atoms with van der Waals surface area (Å²) < 4.78 is 41.6. The summed E-state index contributed by atoms with van der Waals surface area (Å²) in [5.41, 5.74) is 5.08. The highest BCUT2D eigenvalue weighted by Gasteiger charge is 2.32. The number of aromatic amines is 1. The SMILES string of the molecule is N=C(N)CCCCCN1CCN(c2cnc(NC(=O)Nc3ccccc3OC(F)(F)F)[nH]c2=O)CC1. The summed E-state index contributed by atoms with van der Waals surface area (Å²) in [5.74, 6) is -0.517. The molecule has 2 amide bonds. The van der Waals surface area contributed by atoms with Crippen molar-refractivity contribution in [3.63, 3.8) is 0 Å². The Hall–Kier alpha value is -3.81. The van der Waals surface area contributed by atoms with Crippen molar-refractivity contribution in [1.82, 2.24) is 14.9 Å². The fourth-order valence-corrected chi connectivity index (χ4v) is 3.76. The van der Waals surface area contributed by atoms with Gasteiger partial charge in [-0.05, 0) is 31.5 Å². The van der Waals surface area contributed by atoms with Gasteiger partial charge >= 0.3 is 12.4 Å². The molecule has 36 heavy (non-hydrogen) atoms. The molecular weight excluding hydrogens is 481 g/mol. The van der Waals surface area contributed by atoms with Crippen LogP contribution < -0.4 is 31.6 Å². The van der Waals surface area contributed by atoms with Gasteiger partial charge in [0, 0.05) is 32.6 Å². The number of amidine groups is 1. The summed E-state index contributed by atoms with van der Waals surface area (Å²) >= 11 is 0. The molecule has 2 aromatic rings. The summed E-state index contributed by atoms with van der Waals surface area (Å²) in [6.45, 7) is 3.79.